The molecule has 0 aliphatic carbocycles. The highest BCUT2D eigenvalue weighted by atomic mass is 16.6. The Balaban J connectivity index is 0.922. The van der Waals surface area contributed by atoms with Gasteiger partial charge in [0.05, 0.1) is 102 Å². The minimum Gasteiger partial charge on any atom is -0.396 e. The molecule has 0 aromatic carbocycles. The number of fused-ring (bicyclic) bond motifs is 7. The number of aliphatic hydroxyl groups is 3. The topological polar surface area (TPSA) is 135 Å². The minimum atomic E-state index is -0.826. The molecule has 8 fully saturated rings. The van der Waals surface area contributed by atoms with Crippen molar-refractivity contribution < 1.29 is 53.2 Å². The van der Waals surface area contributed by atoms with Crippen LogP contribution in [-0.2, 0) is 37.9 Å². The van der Waals surface area contributed by atoms with Crippen LogP contribution < -0.4 is 0 Å². The number of unbranched alkanes of at least 4 members (excludes halogenated alkanes) is 4. The molecular weight excluding hydrogens is 680 g/mol. The molecule has 0 saturated carbocycles. The predicted molar refractivity (Wildman–Crippen MR) is 196 cm³/mol. The summed E-state index contributed by atoms with van der Waals surface area (Å²) in [6.45, 7) is 10.9. The molecule has 0 aromatic heterocycles. The molecule has 0 aromatic rings. The lowest BCUT2D eigenvalue weighted by Crippen LogP contribution is -2.72. The molecule has 0 amide bonds. The van der Waals surface area contributed by atoms with Gasteiger partial charge in [0.25, 0.3) is 0 Å². The fourth-order valence-corrected chi connectivity index (χ4v) is 11.9. The van der Waals surface area contributed by atoms with Gasteiger partial charge in [-0.25, -0.2) is 0 Å². The highest BCUT2D eigenvalue weighted by molar-refractivity contribution is 5.12. The third-order valence-corrected chi connectivity index (χ3v) is 14.9. The summed E-state index contributed by atoms with van der Waals surface area (Å²) < 4.78 is 55.1. The molecule has 11 heteroatoms. The summed E-state index contributed by atoms with van der Waals surface area (Å²) in [6.07, 6.45) is 12.9. The van der Waals surface area contributed by atoms with Crippen LogP contribution in [0.2, 0.25) is 0 Å². The summed E-state index contributed by atoms with van der Waals surface area (Å²) in [5.74, 6) is 0. The fraction of sp³-hybridized carbons (Fsp3) is 1.00. The first-order chi connectivity index (χ1) is 25.3. The first-order valence-corrected chi connectivity index (χ1v) is 21.6. The van der Waals surface area contributed by atoms with E-state index in [1.54, 1.807) is 0 Å². The highest BCUT2D eigenvalue weighted by Gasteiger charge is 2.64. The van der Waals surface area contributed by atoms with Gasteiger partial charge in [-0.1, -0.05) is 39.0 Å². The van der Waals surface area contributed by atoms with Crippen molar-refractivity contribution in [3.63, 3.8) is 0 Å². The van der Waals surface area contributed by atoms with Crippen LogP contribution in [0.25, 0.3) is 0 Å². The summed E-state index contributed by atoms with van der Waals surface area (Å²) in [7, 11) is 0. The monoisotopic (exact) mass is 750 g/mol. The van der Waals surface area contributed by atoms with Crippen molar-refractivity contribution in [2.45, 2.75) is 258 Å². The SMILES string of the molecule is CCCCCCC[C@H]1O[C@H]2C[C@H]3O[C@H]4CC[C@H]5O[C@H]6C[C@@]7(C)O[C@@]8(C)[C@@H](O)C[C@H](CCCO)O[C@@H]8C[C@@H]7O[C@@H]6C[C@@H]5O[C@]4(C)C[C@]3(C)O[C@@H]2CC[C@@H]1O. The van der Waals surface area contributed by atoms with Gasteiger partial charge in [-0.15, -0.1) is 0 Å². The largest absolute Gasteiger partial charge is 0.396 e. The number of hydrogen-bond acceptors (Lipinski definition) is 11. The van der Waals surface area contributed by atoms with Crippen molar-refractivity contribution in [3.05, 3.63) is 0 Å². The standard InChI is InChI=1S/C42H70O11/c1-6-7-8-9-10-13-27-26(44)14-15-29-31(47-27)21-36-41(4,51-29)24-40(3)35(50-36)17-16-28-32(52-40)20-30-33(48-28)23-39(2)37(49-30)22-38-42(5,53-39)34(45)19-25(46-38)12-11-18-43/h25-38,43-45H,6-24H2,1-5H3/t25-,26-,27+,28+,29+,30+,31-,32-,33-,34-,35-,36+,37-,38+,39+,40+,41-,42-/m0/s1. The Morgan fingerprint density at radius 3 is 2.11 bits per heavy atom. The Morgan fingerprint density at radius 1 is 0.566 bits per heavy atom. The minimum absolute atomic E-state index is 0.0687. The van der Waals surface area contributed by atoms with Crippen LogP contribution in [0, 0.1) is 0 Å². The van der Waals surface area contributed by atoms with Crippen LogP contribution in [0.1, 0.15) is 150 Å². The molecule has 0 radical (unpaired) electrons. The zero-order valence-electron chi connectivity index (χ0n) is 33.1. The van der Waals surface area contributed by atoms with E-state index in [0.29, 0.717) is 38.5 Å². The van der Waals surface area contributed by atoms with Crippen LogP contribution >= 0.6 is 0 Å². The molecular formula is C42H70O11. The fourth-order valence-electron chi connectivity index (χ4n) is 11.9. The van der Waals surface area contributed by atoms with Gasteiger partial charge in [0, 0.05) is 45.1 Å². The summed E-state index contributed by atoms with van der Waals surface area (Å²) in [6, 6.07) is 0. The Kier molecular flexibility index (Phi) is 11.4. The van der Waals surface area contributed by atoms with E-state index >= 15 is 0 Å². The first-order valence-electron chi connectivity index (χ1n) is 21.6. The summed E-state index contributed by atoms with van der Waals surface area (Å²) in [5, 5.41) is 31.8. The van der Waals surface area contributed by atoms with Crippen molar-refractivity contribution in [3.8, 4) is 0 Å². The second kappa shape index (κ2) is 15.4. The van der Waals surface area contributed by atoms with Crippen LogP contribution in [0.15, 0.2) is 0 Å². The average molecular weight is 751 g/mol. The molecule has 8 aliphatic heterocycles. The summed E-state index contributed by atoms with van der Waals surface area (Å²) >= 11 is 0. The van der Waals surface area contributed by atoms with E-state index in [1.807, 2.05) is 6.92 Å². The zero-order chi connectivity index (χ0) is 37.2. The van der Waals surface area contributed by atoms with Crippen molar-refractivity contribution in [2.24, 2.45) is 0 Å². The van der Waals surface area contributed by atoms with Gasteiger partial charge >= 0.3 is 0 Å². The number of rotatable bonds is 9. The molecule has 0 unspecified atom stereocenters. The lowest BCUT2D eigenvalue weighted by Gasteiger charge is -2.61. The molecule has 8 aliphatic rings. The molecule has 0 spiro atoms. The van der Waals surface area contributed by atoms with Gasteiger partial charge < -0.3 is 53.2 Å². The predicted octanol–water partition coefficient (Wildman–Crippen LogP) is 5.44. The maximum Gasteiger partial charge on any atom is 0.118 e. The van der Waals surface area contributed by atoms with E-state index in [-0.39, 0.29) is 79.9 Å². The van der Waals surface area contributed by atoms with Crippen molar-refractivity contribution >= 4 is 0 Å². The lowest BCUT2D eigenvalue weighted by molar-refractivity contribution is -0.369. The Labute approximate surface area is 317 Å². The Bertz CT molecular complexity index is 1260. The van der Waals surface area contributed by atoms with E-state index < -0.39 is 34.6 Å². The van der Waals surface area contributed by atoms with Gasteiger partial charge in [-0.3, -0.25) is 0 Å². The second-order valence-electron chi connectivity index (χ2n) is 19.1. The quantitative estimate of drug-likeness (QED) is 0.260. The molecule has 53 heavy (non-hydrogen) atoms. The normalized spacial score (nSPS) is 53.7. The van der Waals surface area contributed by atoms with Gasteiger partial charge in [0.1, 0.15) is 5.60 Å². The number of aliphatic hydroxyl groups excluding tert-OH is 3. The Morgan fingerprint density at radius 2 is 1.30 bits per heavy atom. The average Bonchev–Trinajstić information content (AvgIpc) is 3.33. The Hall–Kier alpha value is -0.440. The molecule has 0 bridgehead atoms. The first kappa shape index (κ1) is 39.4. The van der Waals surface area contributed by atoms with Crippen molar-refractivity contribution in [2.75, 3.05) is 6.61 Å². The maximum absolute atomic E-state index is 11.3. The van der Waals surface area contributed by atoms with Gasteiger partial charge in [0.2, 0.25) is 0 Å². The maximum atomic E-state index is 11.3. The summed E-state index contributed by atoms with van der Waals surface area (Å²) in [5.41, 5.74) is -2.51. The number of hydrogen-bond donors (Lipinski definition) is 3. The van der Waals surface area contributed by atoms with Crippen LogP contribution in [-0.4, -0.2) is 130 Å². The third-order valence-electron chi connectivity index (χ3n) is 14.9. The number of ether oxygens (including phenoxy) is 8. The van der Waals surface area contributed by atoms with E-state index in [1.165, 1.54) is 25.7 Å². The van der Waals surface area contributed by atoms with Crippen LogP contribution in [0.4, 0.5) is 0 Å². The third kappa shape index (κ3) is 7.54. The second-order valence-corrected chi connectivity index (χ2v) is 19.1. The van der Waals surface area contributed by atoms with Crippen molar-refractivity contribution in [1.29, 1.82) is 0 Å². The van der Waals surface area contributed by atoms with E-state index in [9.17, 15) is 15.3 Å². The van der Waals surface area contributed by atoms with E-state index in [4.69, 9.17) is 37.9 Å². The molecule has 8 rings (SSSR count). The summed E-state index contributed by atoms with van der Waals surface area (Å²) in [4.78, 5) is 0. The van der Waals surface area contributed by atoms with Crippen LogP contribution in [0.5, 0.6) is 0 Å². The van der Waals surface area contributed by atoms with E-state index in [0.717, 1.165) is 51.4 Å². The molecule has 3 N–H and O–H groups in total. The zero-order valence-corrected chi connectivity index (χ0v) is 33.1. The molecule has 8 heterocycles. The molecule has 11 nitrogen and oxygen atoms in total. The molecule has 304 valence electrons. The highest BCUT2D eigenvalue weighted by Crippen LogP contribution is 2.54. The van der Waals surface area contributed by atoms with Crippen molar-refractivity contribution in [1.82, 2.24) is 0 Å². The van der Waals surface area contributed by atoms with E-state index in [2.05, 4.69) is 27.7 Å². The van der Waals surface area contributed by atoms with Gasteiger partial charge in [-0.05, 0) is 72.6 Å². The molecule has 18 atom stereocenters. The van der Waals surface area contributed by atoms with Gasteiger partial charge in [0.15, 0.2) is 0 Å². The van der Waals surface area contributed by atoms with Gasteiger partial charge in [-0.2, -0.15) is 0 Å². The molecule has 8 saturated heterocycles. The van der Waals surface area contributed by atoms with Crippen LogP contribution in [0.3, 0.4) is 0 Å². The lowest BCUT2D eigenvalue weighted by atomic mass is 9.72. The smallest absolute Gasteiger partial charge is 0.118 e.